The molecule has 0 fully saturated rings. The Kier molecular flexibility index (Phi) is 6.07. The standard InChI is InChI=1S/C11H15Cl2N3O3S/c1-2-5-16(7-11(14)15-17)20(18,19)8-3-4-9(12)10(13)6-8/h3-4,6,17H,2,5,7H2,1H3,(H2,14,15). The molecule has 20 heavy (non-hydrogen) atoms. The van der Waals surface area contributed by atoms with Crippen molar-refractivity contribution >= 4 is 39.1 Å². The first-order valence-electron chi connectivity index (χ1n) is 5.74. The van der Waals surface area contributed by atoms with Gasteiger partial charge < -0.3 is 10.9 Å². The van der Waals surface area contributed by atoms with Crippen molar-refractivity contribution in [3.63, 3.8) is 0 Å². The predicted molar refractivity (Wildman–Crippen MR) is 78.9 cm³/mol. The van der Waals surface area contributed by atoms with Gasteiger partial charge in [-0.05, 0) is 24.6 Å². The largest absolute Gasteiger partial charge is 0.409 e. The van der Waals surface area contributed by atoms with Crippen molar-refractivity contribution in [3.05, 3.63) is 28.2 Å². The first kappa shape index (κ1) is 17.0. The van der Waals surface area contributed by atoms with E-state index in [0.717, 1.165) is 4.31 Å². The Morgan fingerprint density at radius 2 is 2.05 bits per heavy atom. The van der Waals surface area contributed by atoms with Gasteiger partial charge in [-0.3, -0.25) is 0 Å². The molecule has 0 aliphatic carbocycles. The van der Waals surface area contributed by atoms with Crippen molar-refractivity contribution in [3.8, 4) is 0 Å². The molecule has 0 bridgehead atoms. The number of rotatable bonds is 6. The second-order valence-corrected chi connectivity index (χ2v) is 6.76. The summed E-state index contributed by atoms with van der Waals surface area (Å²) in [6.07, 6.45) is 0.583. The molecule has 0 saturated carbocycles. The van der Waals surface area contributed by atoms with Gasteiger partial charge in [0.2, 0.25) is 10.0 Å². The number of halogens is 2. The second-order valence-electron chi connectivity index (χ2n) is 4.01. The Balaban J connectivity index is 3.18. The molecule has 0 aromatic heterocycles. The molecular formula is C11H15Cl2N3O3S. The fourth-order valence-corrected chi connectivity index (χ4v) is 3.43. The molecule has 1 rings (SSSR count). The van der Waals surface area contributed by atoms with E-state index in [2.05, 4.69) is 5.16 Å². The molecule has 0 unspecified atom stereocenters. The molecular weight excluding hydrogens is 325 g/mol. The molecule has 0 spiro atoms. The van der Waals surface area contributed by atoms with Crippen LogP contribution >= 0.6 is 23.2 Å². The lowest BCUT2D eigenvalue weighted by Gasteiger charge is -2.21. The van der Waals surface area contributed by atoms with E-state index in [9.17, 15) is 8.42 Å². The smallest absolute Gasteiger partial charge is 0.243 e. The third kappa shape index (κ3) is 3.99. The molecule has 3 N–H and O–H groups in total. The van der Waals surface area contributed by atoms with E-state index in [-0.39, 0.29) is 33.9 Å². The van der Waals surface area contributed by atoms with Gasteiger partial charge in [0.1, 0.15) is 0 Å². The Bertz CT molecular complexity index is 605. The van der Waals surface area contributed by atoms with Gasteiger partial charge in [-0.25, -0.2) is 8.42 Å². The fraction of sp³-hybridized carbons (Fsp3) is 0.364. The van der Waals surface area contributed by atoms with Crippen LogP contribution in [-0.4, -0.2) is 36.9 Å². The van der Waals surface area contributed by atoms with Gasteiger partial charge in [0.05, 0.1) is 21.5 Å². The fourth-order valence-electron chi connectivity index (χ4n) is 1.53. The molecule has 1 aromatic carbocycles. The van der Waals surface area contributed by atoms with Crippen LogP contribution in [0.15, 0.2) is 28.3 Å². The number of hydrogen-bond donors (Lipinski definition) is 2. The predicted octanol–water partition coefficient (Wildman–Crippen LogP) is 2.14. The summed E-state index contributed by atoms with van der Waals surface area (Å²) in [4.78, 5) is 0.00564. The van der Waals surface area contributed by atoms with Gasteiger partial charge in [0.15, 0.2) is 5.84 Å². The molecule has 0 heterocycles. The summed E-state index contributed by atoms with van der Waals surface area (Å²) in [6, 6.07) is 4.04. The van der Waals surface area contributed by atoms with Crippen LogP contribution in [0.1, 0.15) is 13.3 Å². The van der Waals surface area contributed by atoms with E-state index in [4.69, 9.17) is 34.1 Å². The van der Waals surface area contributed by atoms with Crippen LogP contribution in [0.5, 0.6) is 0 Å². The number of benzene rings is 1. The lowest BCUT2D eigenvalue weighted by atomic mass is 10.4. The Morgan fingerprint density at radius 3 is 2.55 bits per heavy atom. The third-order valence-corrected chi connectivity index (χ3v) is 5.05. The van der Waals surface area contributed by atoms with Crippen molar-refractivity contribution < 1.29 is 13.6 Å². The molecule has 0 radical (unpaired) electrons. The Morgan fingerprint density at radius 1 is 1.40 bits per heavy atom. The molecule has 0 amide bonds. The van der Waals surface area contributed by atoms with E-state index >= 15 is 0 Å². The van der Waals surface area contributed by atoms with Gasteiger partial charge in [-0.15, -0.1) is 0 Å². The first-order chi connectivity index (χ1) is 9.32. The maximum absolute atomic E-state index is 12.5. The second kappa shape index (κ2) is 7.12. The highest BCUT2D eigenvalue weighted by molar-refractivity contribution is 7.89. The normalized spacial score (nSPS) is 12.9. The minimum atomic E-state index is -3.79. The van der Waals surface area contributed by atoms with Crippen LogP contribution in [0.3, 0.4) is 0 Å². The van der Waals surface area contributed by atoms with Gasteiger partial charge in [0, 0.05) is 6.54 Å². The Hall–Kier alpha value is -1.02. The SMILES string of the molecule is CCCN(CC(N)=NO)S(=O)(=O)c1ccc(Cl)c(Cl)c1. The van der Waals surface area contributed by atoms with Crippen molar-refractivity contribution in [2.24, 2.45) is 10.9 Å². The molecule has 1 aromatic rings. The van der Waals surface area contributed by atoms with Crippen LogP contribution in [-0.2, 0) is 10.0 Å². The van der Waals surface area contributed by atoms with E-state index in [1.807, 2.05) is 6.92 Å². The van der Waals surface area contributed by atoms with Crippen molar-refractivity contribution in [1.29, 1.82) is 0 Å². The summed E-state index contributed by atoms with van der Waals surface area (Å²) in [7, 11) is -3.79. The zero-order valence-corrected chi connectivity index (χ0v) is 13.1. The van der Waals surface area contributed by atoms with Crippen molar-refractivity contribution in [2.75, 3.05) is 13.1 Å². The van der Waals surface area contributed by atoms with Crippen LogP contribution in [0, 0.1) is 0 Å². The van der Waals surface area contributed by atoms with Gasteiger partial charge in [0.25, 0.3) is 0 Å². The minimum absolute atomic E-state index is 0.00564. The highest BCUT2D eigenvalue weighted by atomic mass is 35.5. The summed E-state index contributed by atoms with van der Waals surface area (Å²) >= 11 is 11.6. The lowest BCUT2D eigenvalue weighted by molar-refractivity contribution is 0.314. The number of nitrogens with two attached hydrogens (primary N) is 1. The monoisotopic (exact) mass is 339 g/mol. The number of sulfonamides is 1. The number of nitrogens with zero attached hydrogens (tertiary/aromatic N) is 2. The summed E-state index contributed by atoms with van der Waals surface area (Å²) in [5.41, 5.74) is 5.38. The summed E-state index contributed by atoms with van der Waals surface area (Å²) in [5, 5.41) is 11.8. The van der Waals surface area contributed by atoms with E-state index in [0.29, 0.717) is 6.42 Å². The summed E-state index contributed by atoms with van der Waals surface area (Å²) < 4.78 is 26.1. The summed E-state index contributed by atoms with van der Waals surface area (Å²) in [6.45, 7) is 1.86. The molecule has 9 heteroatoms. The number of amidine groups is 1. The van der Waals surface area contributed by atoms with Gasteiger partial charge in [-0.2, -0.15) is 4.31 Å². The van der Waals surface area contributed by atoms with Crippen LogP contribution in [0.4, 0.5) is 0 Å². The van der Waals surface area contributed by atoms with Gasteiger partial charge in [-0.1, -0.05) is 35.3 Å². The molecule has 6 nitrogen and oxygen atoms in total. The lowest BCUT2D eigenvalue weighted by Crippen LogP contribution is -2.39. The highest BCUT2D eigenvalue weighted by Crippen LogP contribution is 2.26. The Labute approximate surface area is 127 Å². The van der Waals surface area contributed by atoms with E-state index in [1.54, 1.807) is 0 Å². The van der Waals surface area contributed by atoms with Crippen LogP contribution < -0.4 is 5.73 Å². The quantitative estimate of drug-likeness (QED) is 0.359. The summed E-state index contributed by atoms with van der Waals surface area (Å²) in [5.74, 6) is -0.193. The molecule has 0 aliphatic rings. The minimum Gasteiger partial charge on any atom is -0.409 e. The molecule has 0 saturated heterocycles. The number of oxime groups is 1. The molecule has 112 valence electrons. The highest BCUT2D eigenvalue weighted by Gasteiger charge is 2.25. The third-order valence-electron chi connectivity index (χ3n) is 2.47. The van der Waals surface area contributed by atoms with Crippen molar-refractivity contribution in [1.82, 2.24) is 4.31 Å². The number of hydrogen-bond acceptors (Lipinski definition) is 4. The van der Waals surface area contributed by atoms with E-state index in [1.165, 1.54) is 18.2 Å². The van der Waals surface area contributed by atoms with Crippen molar-refractivity contribution in [2.45, 2.75) is 18.2 Å². The average Bonchev–Trinajstić information content (AvgIpc) is 2.40. The molecule has 0 aliphatic heterocycles. The molecule has 0 atom stereocenters. The average molecular weight is 340 g/mol. The van der Waals surface area contributed by atoms with Crippen LogP contribution in [0.25, 0.3) is 0 Å². The zero-order valence-electron chi connectivity index (χ0n) is 10.8. The zero-order chi connectivity index (χ0) is 15.3. The van der Waals surface area contributed by atoms with Crippen LogP contribution in [0.2, 0.25) is 10.0 Å². The topological polar surface area (TPSA) is 96.0 Å². The van der Waals surface area contributed by atoms with Gasteiger partial charge >= 0.3 is 0 Å². The van der Waals surface area contributed by atoms with E-state index < -0.39 is 10.0 Å². The maximum atomic E-state index is 12.5. The first-order valence-corrected chi connectivity index (χ1v) is 7.94. The maximum Gasteiger partial charge on any atom is 0.243 e.